The normalized spacial score (nSPS) is 27.0. The number of nitrogens with zero attached hydrogens (tertiary/aromatic N) is 2. The smallest absolute Gasteiger partial charge is 0.325 e. The Balaban J connectivity index is 1.47. The van der Waals surface area contributed by atoms with Gasteiger partial charge in [-0.25, -0.2) is 4.79 Å². The molecule has 0 radical (unpaired) electrons. The number of urea groups is 1. The third kappa shape index (κ3) is 3.47. The van der Waals surface area contributed by atoms with E-state index in [0.717, 1.165) is 16.2 Å². The first-order valence-corrected chi connectivity index (χ1v) is 10.3. The molecular weight excluding hydrogens is 400 g/mol. The highest BCUT2D eigenvalue weighted by Crippen LogP contribution is 2.46. The largest absolute Gasteiger partial charge is 0.325 e. The molecule has 2 atom stereocenters. The monoisotopic (exact) mass is 426 g/mol. The van der Waals surface area contributed by atoms with E-state index < -0.39 is 35.8 Å². The zero-order valence-electron chi connectivity index (χ0n) is 18.1. The summed E-state index contributed by atoms with van der Waals surface area (Å²) in [7, 11) is 1.39. The van der Waals surface area contributed by atoms with Gasteiger partial charge in [-0.05, 0) is 48.8 Å². The number of nitrogens with one attached hydrogen (secondary N) is 2. The van der Waals surface area contributed by atoms with Gasteiger partial charge in [0.25, 0.3) is 17.7 Å². The van der Waals surface area contributed by atoms with Gasteiger partial charge in [0.15, 0.2) is 0 Å². The van der Waals surface area contributed by atoms with Crippen LogP contribution in [-0.2, 0) is 9.59 Å². The fraction of sp³-hybridized carbons (Fsp3) is 0.500. The van der Waals surface area contributed by atoms with Gasteiger partial charge in [-0.1, -0.05) is 20.8 Å². The highest BCUT2D eigenvalue weighted by molar-refractivity contribution is 6.21. The number of hydrogen-bond acceptors (Lipinski definition) is 5. The molecule has 2 heterocycles. The maximum absolute atomic E-state index is 13.2. The molecule has 1 saturated carbocycles. The second-order valence-electron chi connectivity index (χ2n) is 9.74. The maximum atomic E-state index is 13.2. The molecule has 0 aromatic heterocycles. The minimum Gasteiger partial charge on any atom is -0.325 e. The molecule has 31 heavy (non-hydrogen) atoms. The van der Waals surface area contributed by atoms with Gasteiger partial charge >= 0.3 is 6.03 Å². The molecule has 4 rings (SSSR count). The highest BCUT2D eigenvalue weighted by atomic mass is 16.2. The van der Waals surface area contributed by atoms with Crippen LogP contribution in [0.4, 0.5) is 10.5 Å². The molecule has 2 aliphatic heterocycles. The lowest BCUT2D eigenvalue weighted by atomic mass is 9.64. The number of anilines is 1. The summed E-state index contributed by atoms with van der Waals surface area (Å²) in [6, 6.07) is 3.85. The van der Waals surface area contributed by atoms with Crippen molar-refractivity contribution in [1.29, 1.82) is 0 Å². The Morgan fingerprint density at radius 2 is 1.81 bits per heavy atom. The van der Waals surface area contributed by atoms with Gasteiger partial charge in [-0.15, -0.1) is 0 Å². The zero-order chi connectivity index (χ0) is 22.7. The van der Waals surface area contributed by atoms with E-state index in [4.69, 9.17) is 0 Å². The fourth-order valence-corrected chi connectivity index (χ4v) is 5.43. The Bertz CT molecular complexity index is 1030. The summed E-state index contributed by atoms with van der Waals surface area (Å²) in [5.41, 5.74) is -0.271. The van der Waals surface area contributed by atoms with E-state index in [1.165, 1.54) is 25.2 Å². The minimum absolute atomic E-state index is 0.0968. The van der Waals surface area contributed by atoms with Gasteiger partial charge in [-0.3, -0.25) is 29.0 Å². The summed E-state index contributed by atoms with van der Waals surface area (Å²) < 4.78 is 0. The molecule has 9 heteroatoms. The molecule has 6 amide bonds. The number of benzene rings is 1. The van der Waals surface area contributed by atoms with Crippen LogP contribution in [0.25, 0.3) is 0 Å². The van der Waals surface area contributed by atoms with Crippen LogP contribution in [0.1, 0.15) is 60.7 Å². The molecule has 1 spiro atoms. The summed E-state index contributed by atoms with van der Waals surface area (Å²) in [4.78, 5) is 64.4. The van der Waals surface area contributed by atoms with Gasteiger partial charge in [0.1, 0.15) is 12.1 Å². The Kier molecular flexibility index (Phi) is 4.68. The number of carbonyl (C=O) groups excluding carboxylic acids is 5. The second-order valence-corrected chi connectivity index (χ2v) is 9.74. The second kappa shape index (κ2) is 6.90. The van der Waals surface area contributed by atoms with Gasteiger partial charge in [0, 0.05) is 12.7 Å². The van der Waals surface area contributed by atoms with E-state index in [-0.39, 0.29) is 28.4 Å². The Morgan fingerprint density at radius 1 is 1.13 bits per heavy atom. The van der Waals surface area contributed by atoms with Crippen LogP contribution in [0.5, 0.6) is 0 Å². The van der Waals surface area contributed by atoms with E-state index in [2.05, 4.69) is 31.4 Å². The summed E-state index contributed by atoms with van der Waals surface area (Å²) >= 11 is 0. The summed E-state index contributed by atoms with van der Waals surface area (Å²) in [6.45, 7) is 5.80. The molecule has 2 N–H and O–H groups in total. The van der Waals surface area contributed by atoms with Crippen LogP contribution in [0, 0.1) is 11.3 Å². The minimum atomic E-state index is -0.969. The average Bonchev–Trinajstić information content (AvgIpc) is 3.00. The number of fused-ring (bicyclic) bond motifs is 1. The molecule has 1 aromatic rings. The highest BCUT2D eigenvalue weighted by Gasteiger charge is 2.56. The number of rotatable bonds is 3. The first-order valence-electron chi connectivity index (χ1n) is 10.3. The fourth-order valence-electron chi connectivity index (χ4n) is 5.43. The van der Waals surface area contributed by atoms with Crippen molar-refractivity contribution < 1.29 is 24.0 Å². The number of imide groups is 2. The summed E-state index contributed by atoms with van der Waals surface area (Å²) in [5.74, 6) is -1.50. The predicted molar refractivity (Wildman–Crippen MR) is 111 cm³/mol. The lowest BCUT2D eigenvalue weighted by Gasteiger charge is -2.43. The van der Waals surface area contributed by atoms with Crippen LogP contribution in [-0.4, -0.2) is 58.6 Å². The Morgan fingerprint density at radius 3 is 2.48 bits per heavy atom. The molecule has 9 nitrogen and oxygen atoms in total. The van der Waals surface area contributed by atoms with E-state index >= 15 is 0 Å². The molecular formula is C22H26N4O5. The number of hydrogen-bond donors (Lipinski definition) is 2. The molecule has 1 aliphatic carbocycles. The van der Waals surface area contributed by atoms with Gasteiger partial charge < -0.3 is 10.6 Å². The SMILES string of the molecule is C[C@@H]1CC(C)(C)C[C@]2(C1)NC(=O)N(CC(=O)Nc1ccc3c(c1)C(=O)N(C)C3=O)C2=O. The quantitative estimate of drug-likeness (QED) is 0.566. The first-order chi connectivity index (χ1) is 14.4. The molecule has 2 fully saturated rings. The lowest BCUT2D eigenvalue weighted by molar-refractivity contribution is -0.136. The van der Waals surface area contributed by atoms with E-state index in [9.17, 15) is 24.0 Å². The van der Waals surface area contributed by atoms with E-state index in [0.29, 0.717) is 18.5 Å². The van der Waals surface area contributed by atoms with Crippen LogP contribution in [0.2, 0.25) is 0 Å². The third-order valence-electron chi connectivity index (χ3n) is 6.30. The van der Waals surface area contributed by atoms with Crippen LogP contribution in [0.3, 0.4) is 0 Å². The molecule has 3 aliphatic rings. The van der Waals surface area contributed by atoms with Crippen LogP contribution in [0.15, 0.2) is 18.2 Å². The van der Waals surface area contributed by atoms with Crippen LogP contribution < -0.4 is 10.6 Å². The average molecular weight is 426 g/mol. The third-order valence-corrected chi connectivity index (χ3v) is 6.30. The molecule has 0 bridgehead atoms. The van der Waals surface area contributed by atoms with Crippen molar-refractivity contribution in [2.75, 3.05) is 18.9 Å². The van der Waals surface area contributed by atoms with Crippen molar-refractivity contribution in [1.82, 2.24) is 15.1 Å². The molecule has 1 aromatic carbocycles. The number of carbonyl (C=O) groups is 5. The Hall–Kier alpha value is -3.23. The van der Waals surface area contributed by atoms with Gasteiger partial charge in [0.05, 0.1) is 11.1 Å². The standard InChI is InChI=1S/C22H26N4O5/c1-12-8-21(2,3)11-22(9-12)19(30)26(20(31)24-22)10-16(27)23-13-5-6-14-15(7-13)18(29)25(4)17(14)28/h5-7,12H,8-11H2,1-4H3,(H,23,27)(H,24,31)/t12-,22+/m1/s1. The lowest BCUT2D eigenvalue weighted by Crippen LogP contribution is -2.54. The van der Waals surface area contributed by atoms with E-state index in [1.54, 1.807) is 0 Å². The summed E-state index contributed by atoms with van der Waals surface area (Å²) in [6.07, 6.45) is 2.04. The molecule has 1 saturated heterocycles. The Labute approximate surface area is 180 Å². The topological polar surface area (TPSA) is 116 Å². The first kappa shape index (κ1) is 21.0. The van der Waals surface area contributed by atoms with Crippen molar-refractivity contribution in [2.24, 2.45) is 11.3 Å². The van der Waals surface area contributed by atoms with Crippen LogP contribution >= 0.6 is 0 Å². The van der Waals surface area contributed by atoms with Crippen molar-refractivity contribution >= 4 is 35.3 Å². The summed E-state index contributed by atoms with van der Waals surface area (Å²) in [5, 5.41) is 5.46. The number of amides is 6. The van der Waals surface area contributed by atoms with Gasteiger partial charge in [-0.2, -0.15) is 0 Å². The van der Waals surface area contributed by atoms with Crippen molar-refractivity contribution in [3.8, 4) is 0 Å². The van der Waals surface area contributed by atoms with Crippen molar-refractivity contribution in [3.63, 3.8) is 0 Å². The molecule has 164 valence electrons. The van der Waals surface area contributed by atoms with Crippen molar-refractivity contribution in [3.05, 3.63) is 29.3 Å². The van der Waals surface area contributed by atoms with Crippen molar-refractivity contribution in [2.45, 2.75) is 45.6 Å². The van der Waals surface area contributed by atoms with E-state index in [1.807, 2.05) is 0 Å². The zero-order valence-corrected chi connectivity index (χ0v) is 18.1. The molecule has 0 unspecified atom stereocenters. The predicted octanol–water partition coefficient (Wildman–Crippen LogP) is 1.99. The van der Waals surface area contributed by atoms with Gasteiger partial charge in [0.2, 0.25) is 5.91 Å². The maximum Gasteiger partial charge on any atom is 0.325 e.